The molecule has 142 valence electrons. The zero-order chi connectivity index (χ0) is 19.4. The third-order valence-electron chi connectivity index (χ3n) is 4.54. The summed E-state index contributed by atoms with van der Waals surface area (Å²) in [7, 11) is 0. The van der Waals surface area contributed by atoms with Gasteiger partial charge in [-0.1, -0.05) is 49.7 Å². The zero-order valence-electron chi connectivity index (χ0n) is 14.9. The molecule has 0 heterocycles. The van der Waals surface area contributed by atoms with Crippen LogP contribution in [0.2, 0.25) is 0 Å². The van der Waals surface area contributed by atoms with Gasteiger partial charge in [0.2, 0.25) is 0 Å². The number of hydrogen-bond acceptors (Lipinski definition) is 1. The summed E-state index contributed by atoms with van der Waals surface area (Å²) in [5.41, 5.74) is 2.55. The molecule has 0 aliphatic heterocycles. The van der Waals surface area contributed by atoms with E-state index in [0.29, 0.717) is 23.8 Å². The Hall–Kier alpha value is -2.56. The molecular weight excluding hydrogens is 356 g/mol. The van der Waals surface area contributed by atoms with Crippen molar-refractivity contribution < 1.29 is 22.3 Å². The molecule has 0 aliphatic carbocycles. The fraction of sp³-hybridized carbons (Fsp3) is 0.273. The molecule has 0 spiro atoms. The van der Waals surface area contributed by atoms with Crippen molar-refractivity contribution in [2.75, 3.05) is 0 Å². The smallest absolute Gasteiger partial charge is 0.387 e. The maximum Gasteiger partial charge on any atom is 0.387 e. The molecule has 1 nitrogen and oxygen atoms in total. The van der Waals surface area contributed by atoms with Crippen LogP contribution in [0.5, 0.6) is 5.75 Å². The highest BCUT2D eigenvalue weighted by molar-refractivity contribution is 5.85. The second-order valence-electron chi connectivity index (χ2n) is 6.49. The van der Waals surface area contributed by atoms with Gasteiger partial charge in [0, 0.05) is 5.39 Å². The minimum atomic E-state index is -3.07. The minimum Gasteiger partial charge on any atom is -0.432 e. The molecule has 0 bridgehead atoms. The first-order valence-electron chi connectivity index (χ1n) is 8.91. The lowest BCUT2D eigenvalue weighted by Gasteiger charge is -2.10. The van der Waals surface area contributed by atoms with Crippen LogP contribution in [0.4, 0.5) is 17.6 Å². The molecule has 0 amide bonds. The molecule has 0 atom stereocenters. The third kappa shape index (κ3) is 4.59. The number of fused-ring (bicyclic) bond motifs is 1. The number of aryl methyl sites for hydroxylation is 3. The van der Waals surface area contributed by atoms with Crippen LogP contribution in [0.1, 0.15) is 30.0 Å². The van der Waals surface area contributed by atoms with Gasteiger partial charge < -0.3 is 4.74 Å². The van der Waals surface area contributed by atoms with Crippen molar-refractivity contribution in [3.8, 4) is 5.75 Å². The molecule has 27 heavy (non-hydrogen) atoms. The van der Waals surface area contributed by atoms with Crippen molar-refractivity contribution in [2.24, 2.45) is 0 Å². The Balaban J connectivity index is 1.76. The highest BCUT2D eigenvalue weighted by Gasteiger charge is 2.13. The lowest BCUT2D eigenvalue weighted by Crippen LogP contribution is -2.04. The number of alkyl halides is 2. The van der Waals surface area contributed by atoms with Crippen LogP contribution in [0.3, 0.4) is 0 Å². The van der Waals surface area contributed by atoms with E-state index in [0.717, 1.165) is 24.0 Å². The normalized spacial score (nSPS) is 11.3. The summed E-state index contributed by atoms with van der Waals surface area (Å²) in [4.78, 5) is 0. The molecule has 0 aliphatic rings. The number of ether oxygens (including phenoxy) is 1. The predicted molar refractivity (Wildman–Crippen MR) is 98.3 cm³/mol. The highest BCUT2D eigenvalue weighted by Crippen LogP contribution is 2.28. The lowest BCUT2D eigenvalue weighted by molar-refractivity contribution is -0.0520. The Morgan fingerprint density at radius 1 is 0.852 bits per heavy atom. The van der Waals surface area contributed by atoms with Gasteiger partial charge >= 0.3 is 6.61 Å². The summed E-state index contributed by atoms with van der Waals surface area (Å²) in [6, 6.07) is 13.1. The molecule has 3 aromatic rings. The highest BCUT2D eigenvalue weighted by atomic mass is 19.3. The van der Waals surface area contributed by atoms with Crippen LogP contribution >= 0.6 is 0 Å². The van der Waals surface area contributed by atoms with E-state index in [9.17, 15) is 17.6 Å². The first kappa shape index (κ1) is 19.2. The average Bonchev–Trinajstić information content (AvgIpc) is 2.63. The van der Waals surface area contributed by atoms with Crippen molar-refractivity contribution in [1.29, 1.82) is 0 Å². The van der Waals surface area contributed by atoms with E-state index in [1.54, 1.807) is 30.3 Å². The Morgan fingerprint density at radius 2 is 1.59 bits per heavy atom. The van der Waals surface area contributed by atoms with Gasteiger partial charge in [-0.3, -0.25) is 0 Å². The van der Waals surface area contributed by atoms with E-state index >= 15 is 0 Å². The van der Waals surface area contributed by atoms with Gasteiger partial charge in [-0.05, 0) is 53.5 Å². The Bertz CT molecular complexity index is 937. The Morgan fingerprint density at radius 3 is 2.30 bits per heavy atom. The largest absolute Gasteiger partial charge is 0.432 e. The van der Waals surface area contributed by atoms with Crippen molar-refractivity contribution in [2.45, 2.75) is 39.2 Å². The van der Waals surface area contributed by atoms with Gasteiger partial charge in [-0.2, -0.15) is 8.78 Å². The quantitative estimate of drug-likeness (QED) is 0.430. The number of hydrogen-bond donors (Lipinski definition) is 0. The van der Waals surface area contributed by atoms with Crippen LogP contribution in [0.25, 0.3) is 10.8 Å². The van der Waals surface area contributed by atoms with Crippen LogP contribution in [0.15, 0.2) is 48.5 Å². The summed E-state index contributed by atoms with van der Waals surface area (Å²) in [5, 5.41) is 0.803. The van der Waals surface area contributed by atoms with Gasteiger partial charge in [0.05, 0.1) is 0 Å². The van der Waals surface area contributed by atoms with Crippen LogP contribution < -0.4 is 4.74 Å². The molecular formula is C22H20F4O. The van der Waals surface area contributed by atoms with Gasteiger partial charge in [0.1, 0.15) is 5.82 Å². The maximum atomic E-state index is 14.3. The van der Waals surface area contributed by atoms with Crippen molar-refractivity contribution in [1.82, 2.24) is 0 Å². The molecule has 0 radical (unpaired) electrons. The van der Waals surface area contributed by atoms with Gasteiger partial charge in [-0.15, -0.1) is 0 Å². The number of halogens is 4. The summed E-state index contributed by atoms with van der Waals surface area (Å²) < 4.78 is 57.3. The fourth-order valence-corrected chi connectivity index (χ4v) is 3.18. The van der Waals surface area contributed by atoms with Crippen LogP contribution in [0, 0.1) is 11.6 Å². The standard InChI is InChI=1S/C22H20F4O/c1-2-3-14-4-7-16(19(23)13-14)8-5-15-6-10-18-17(12-15)9-11-20(21(18)24)27-22(25)26/h4,6-7,9-13,22H,2-3,5,8H2,1H3. The van der Waals surface area contributed by atoms with Crippen LogP contribution in [-0.4, -0.2) is 6.61 Å². The van der Waals surface area contributed by atoms with Crippen molar-refractivity contribution in [3.63, 3.8) is 0 Å². The SMILES string of the molecule is CCCc1ccc(CCc2ccc3c(F)c(OC(F)F)ccc3c2)c(F)c1. The van der Waals surface area contributed by atoms with E-state index in [1.807, 2.05) is 12.1 Å². The van der Waals surface area contributed by atoms with Crippen LogP contribution in [-0.2, 0) is 19.3 Å². The molecule has 0 unspecified atom stereocenters. The fourth-order valence-electron chi connectivity index (χ4n) is 3.18. The monoisotopic (exact) mass is 376 g/mol. The van der Waals surface area contributed by atoms with Gasteiger partial charge in [0.15, 0.2) is 11.6 Å². The third-order valence-corrected chi connectivity index (χ3v) is 4.54. The molecule has 0 N–H and O–H groups in total. The Kier molecular flexibility index (Phi) is 5.99. The predicted octanol–water partition coefficient (Wildman–Crippen LogP) is 6.46. The number of benzene rings is 3. The topological polar surface area (TPSA) is 9.23 Å². The average molecular weight is 376 g/mol. The lowest BCUT2D eigenvalue weighted by atomic mass is 9.99. The van der Waals surface area contributed by atoms with E-state index in [1.165, 1.54) is 6.07 Å². The zero-order valence-corrected chi connectivity index (χ0v) is 14.9. The van der Waals surface area contributed by atoms with Gasteiger partial charge in [-0.25, -0.2) is 8.78 Å². The number of rotatable bonds is 7. The van der Waals surface area contributed by atoms with E-state index < -0.39 is 18.2 Å². The summed E-state index contributed by atoms with van der Waals surface area (Å²) in [6.07, 6.45) is 2.94. The first-order valence-corrected chi connectivity index (χ1v) is 8.91. The molecule has 5 heteroatoms. The first-order chi connectivity index (χ1) is 13.0. The molecule has 0 aromatic heterocycles. The summed E-state index contributed by atoms with van der Waals surface area (Å²) in [6.45, 7) is -1.02. The second kappa shape index (κ2) is 8.42. The minimum absolute atomic E-state index is 0.207. The Labute approximate surface area is 155 Å². The molecule has 3 rings (SSSR count). The molecule has 0 fully saturated rings. The summed E-state index contributed by atoms with van der Waals surface area (Å²) >= 11 is 0. The van der Waals surface area contributed by atoms with E-state index in [-0.39, 0.29) is 11.2 Å². The van der Waals surface area contributed by atoms with E-state index in [4.69, 9.17) is 0 Å². The maximum absolute atomic E-state index is 14.3. The second-order valence-corrected chi connectivity index (χ2v) is 6.49. The van der Waals surface area contributed by atoms with E-state index in [2.05, 4.69) is 11.7 Å². The van der Waals surface area contributed by atoms with Gasteiger partial charge in [0.25, 0.3) is 0 Å². The molecule has 0 saturated heterocycles. The molecule has 3 aromatic carbocycles. The summed E-state index contributed by atoms with van der Waals surface area (Å²) in [5.74, 6) is -1.49. The van der Waals surface area contributed by atoms with Crippen molar-refractivity contribution in [3.05, 3.63) is 76.9 Å². The van der Waals surface area contributed by atoms with Crippen molar-refractivity contribution >= 4 is 10.8 Å². The molecule has 0 saturated carbocycles.